The topological polar surface area (TPSA) is 88.8 Å². The van der Waals surface area contributed by atoms with Crippen molar-refractivity contribution in [3.8, 4) is 5.75 Å². The number of hydrogen-bond acceptors (Lipinski definition) is 4. The lowest BCUT2D eigenvalue weighted by atomic mass is 9.96. The summed E-state index contributed by atoms with van der Waals surface area (Å²) in [5.41, 5.74) is 0.871. The van der Waals surface area contributed by atoms with Gasteiger partial charge in [0.2, 0.25) is 0 Å². The lowest BCUT2D eigenvalue weighted by Crippen LogP contribution is -2.25. The minimum atomic E-state index is -1.08. The SMILES string of the molecule is O=C(O)c1ccc2c(C(=O)Nc3ccc(OC4CCC4)c(F)c3)coc2c1. The molecule has 138 valence electrons. The molecule has 1 aliphatic carbocycles. The van der Waals surface area contributed by atoms with Crippen LogP contribution in [-0.4, -0.2) is 23.1 Å². The predicted molar refractivity (Wildman–Crippen MR) is 95.8 cm³/mol. The summed E-state index contributed by atoms with van der Waals surface area (Å²) in [5.74, 6) is -1.93. The zero-order valence-corrected chi connectivity index (χ0v) is 14.2. The van der Waals surface area contributed by atoms with Gasteiger partial charge in [-0.1, -0.05) is 0 Å². The molecule has 0 saturated heterocycles. The van der Waals surface area contributed by atoms with Crippen LogP contribution in [0.4, 0.5) is 10.1 Å². The van der Waals surface area contributed by atoms with E-state index >= 15 is 0 Å². The molecular formula is C20H16FNO5. The van der Waals surface area contributed by atoms with Gasteiger partial charge in [-0.3, -0.25) is 4.79 Å². The lowest BCUT2D eigenvalue weighted by Gasteiger charge is -2.26. The highest BCUT2D eigenvalue weighted by molar-refractivity contribution is 6.12. The molecule has 1 saturated carbocycles. The summed E-state index contributed by atoms with van der Waals surface area (Å²) >= 11 is 0. The molecule has 1 heterocycles. The standard InChI is InChI=1S/C20H16FNO5/c21-16-9-12(5-7-17(16)27-13-2-1-3-13)22-19(23)15-10-26-18-8-11(20(24)25)4-6-14(15)18/h4-10,13H,1-3H2,(H,22,23)(H,24,25). The number of fused-ring (bicyclic) bond motifs is 1. The monoisotopic (exact) mass is 369 g/mol. The zero-order chi connectivity index (χ0) is 19.0. The number of amides is 1. The third kappa shape index (κ3) is 3.36. The number of anilines is 1. The Hall–Kier alpha value is -3.35. The number of ether oxygens (including phenoxy) is 1. The van der Waals surface area contributed by atoms with Crippen molar-refractivity contribution >= 4 is 28.5 Å². The Morgan fingerprint density at radius 2 is 2.00 bits per heavy atom. The summed E-state index contributed by atoms with van der Waals surface area (Å²) in [6.45, 7) is 0. The Morgan fingerprint density at radius 3 is 2.67 bits per heavy atom. The predicted octanol–water partition coefficient (Wildman–Crippen LogP) is 4.45. The second-order valence-electron chi connectivity index (χ2n) is 6.44. The van der Waals surface area contributed by atoms with Gasteiger partial charge in [-0.2, -0.15) is 0 Å². The maximum Gasteiger partial charge on any atom is 0.335 e. The van der Waals surface area contributed by atoms with Gasteiger partial charge in [0.25, 0.3) is 5.91 Å². The second-order valence-corrected chi connectivity index (χ2v) is 6.44. The maximum atomic E-state index is 14.2. The first kappa shape index (κ1) is 17.1. The highest BCUT2D eigenvalue weighted by Gasteiger charge is 2.21. The summed E-state index contributed by atoms with van der Waals surface area (Å²) in [7, 11) is 0. The Morgan fingerprint density at radius 1 is 1.19 bits per heavy atom. The normalized spacial score (nSPS) is 14.0. The number of furan rings is 1. The smallest absolute Gasteiger partial charge is 0.335 e. The third-order valence-electron chi connectivity index (χ3n) is 4.60. The molecule has 27 heavy (non-hydrogen) atoms. The molecule has 0 unspecified atom stereocenters. The number of rotatable bonds is 5. The van der Waals surface area contributed by atoms with Crippen molar-refractivity contribution in [3.63, 3.8) is 0 Å². The van der Waals surface area contributed by atoms with E-state index in [1.54, 1.807) is 6.07 Å². The van der Waals surface area contributed by atoms with E-state index in [0.717, 1.165) is 19.3 Å². The fourth-order valence-corrected chi connectivity index (χ4v) is 2.88. The Kier molecular flexibility index (Phi) is 4.27. The molecule has 0 bridgehead atoms. The van der Waals surface area contributed by atoms with Crippen LogP contribution in [-0.2, 0) is 0 Å². The average Bonchev–Trinajstić information content (AvgIpc) is 3.02. The van der Waals surface area contributed by atoms with Crippen molar-refractivity contribution < 1.29 is 28.2 Å². The molecule has 6 nitrogen and oxygen atoms in total. The van der Waals surface area contributed by atoms with Gasteiger partial charge in [0.1, 0.15) is 11.8 Å². The number of nitrogens with one attached hydrogen (secondary N) is 1. The number of carbonyl (C=O) groups is 2. The molecule has 1 aromatic heterocycles. The van der Waals surface area contributed by atoms with E-state index in [1.165, 1.54) is 36.6 Å². The highest BCUT2D eigenvalue weighted by Crippen LogP contribution is 2.29. The van der Waals surface area contributed by atoms with Crippen molar-refractivity contribution in [3.05, 3.63) is 59.6 Å². The van der Waals surface area contributed by atoms with Gasteiger partial charge in [0, 0.05) is 17.1 Å². The van der Waals surface area contributed by atoms with Crippen LogP contribution in [0.1, 0.15) is 40.0 Å². The second kappa shape index (κ2) is 6.75. The maximum absolute atomic E-state index is 14.2. The number of aromatic carboxylic acids is 1. The number of carboxylic acid groups (broad SMARTS) is 1. The average molecular weight is 369 g/mol. The number of carbonyl (C=O) groups excluding carboxylic acids is 1. The molecule has 1 fully saturated rings. The molecule has 4 rings (SSSR count). The van der Waals surface area contributed by atoms with Gasteiger partial charge < -0.3 is 19.6 Å². The van der Waals surface area contributed by atoms with Crippen molar-refractivity contribution in [2.24, 2.45) is 0 Å². The van der Waals surface area contributed by atoms with Gasteiger partial charge in [0.15, 0.2) is 11.6 Å². The van der Waals surface area contributed by atoms with E-state index in [2.05, 4.69) is 5.32 Å². The molecule has 0 aliphatic heterocycles. The van der Waals surface area contributed by atoms with Crippen LogP contribution in [0, 0.1) is 5.82 Å². The van der Waals surface area contributed by atoms with Crippen LogP contribution in [0.25, 0.3) is 11.0 Å². The summed E-state index contributed by atoms with van der Waals surface area (Å²) in [6, 6.07) is 8.52. The quantitative estimate of drug-likeness (QED) is 0.693. The number of benzene rings is 2. The first-order chi connectivity index (χ1) is 13.0. The first-order valence-electron chi connectivity index (χ1n) is 8.53. The Bertz CT molecular complexity index is 1040. The Balaban J connectivity index is 1.52. The van der Waals surface area contributed by atoms with Crippen molar-refractivity contribution in [1.82, 2.24) is 0 Å². The molecule has 0 spiro atoms. The van der Waals surface area contributed by atoms with Crippen molar-refractivity contribution in [1.29, 1.82) is 0 Å². The third-order valence-corrected chi connectivity index (χ3v) is 4.60. The minimum absolute atomic E-state index is 0.0629. The number of carboxylic acids is 1. The molecule has 3 aromatic rings. The van der Waals surface area contributed by atoms with Gasteiger partial charge in [-0.25, -0.2) is 9.18 Å². The van der Waals surface area contributed by atoms with E-state index in [4.69, 9.17) is 14.3 Å². The summed E-state index contributed by atoms with van der Waals surface area (Å²) in [5, 5.41) is 12.1. The van der Waals surface area contributed by atoms with Crippen LogP contribution in [0.2, 0.25) is 0 Å². The van der Waals surface area contributed by atoms with Gasteiger partial charge >= 0.3 is 5.97 Å². The summed E-state index contributed by atoms with van der Waals surface area (Å²) in [6.07, 6.45) is 4.25. The van der Waals surface area contributed by atoms with Crippen LogP contribution >= 0.6 is 0 Å². The lowest BCUT2D eigenvalue weighted by molar-refractivity contribution is 0.0696. The van der Waals surface area contributed by atoms with Crippen LogP contribution in [0.5, 0.6) is 5.75 Å². The first-order valence-corrected chi connectivity index (χ1v) is 8.53. The van der Waals surface area contributed by atoms with Crippen LogP contribution in [0.3, 0.4) is 0 Å². The van der Waals surface area contributed by atoms with E-state index in [9.17, 15) is 14.0 Å². The van der Waals surface area contributed by atoms with E-state index in [1.807, 2.05) is 0 Å². The molecule has 0 atom stereocenters. The number of hydrogen-bond donors (Lipinski definition) is 2. The fraction of sp³-hybridized carbons (Fsp3) is 0.200. The van der Waals surface area contributed by atoms with E-state index in [-0.39, 0.29) is 34.3 Å². The van der Waals surface area contributed by atoms with Crippen molar-refractivity contribution in [2.75, 3.05) is 5.32 Å². The van der Waals surface area contributed by atoms with Crippen molar-refractivity contribution in [2.45, 2.75) is 25.4 Å². The van der Waals surface area contributed by atoms with E-state index < -0.39 is 17.7 Å². The van der Waals surface area contributed by atoms with Crippen LogP contribution < -0.4 is 10.1 Å². The largest absolute Gasteiger partial charge is 0.487 e. The zero-order valence-electron chi connectivity index (χ0n) is 14.2. The van der Waals surface area contributed by atoms with Gasteiger partial charge in [-0.15, -0.1) is 0 Å². The molecule has 0 radical (unpaired) electrons. The molecule has 2 aromatic carbocycles. The van der Waals surface area contributed by atoms with Gasteiger partial charge in [-0.05, 0) is 49.6 Å². The number of halogens is 1. The van der Waals surface area contributed by atoms with E-state index in [0.29, 0.717) is 5.39 Å². The van der Waals surface area contributed by atoms with Gasteiger partial charge in [0.05, 0.1) is 17.2 Å². The minimum Gasteiger partial charge on any atom is -0.487 e. The molecule has 7 heteroatoms. The molecule has 2 N–H and O–H groups in total. The van der Waals surface area contributed by atoms with Crippen LogP contribution in [0.15, 0.2) is 47.1 Å². The summed E-state index contributed by atoms with van der Waals surface area (Å²) < 4.78 is 25.0. The Labute approximate surface area is 153 Å². The molecule has 1 amide bonds. The summed E-state index contributed by atoms with van der Waals surface area (Å²) in [4.78, 5) is 23.5. The molecular weight excluding hydrogens is 353 g/mol. The molecule has 1 aliphatic rings. The highest BCUT2D eigenvalue weighted by atomic mass is 19.1. The fourth-order valence-electron chi connectivity index (χ4n) is 2.88.